The monoisotopic (exact) mass is 463 g/mol. The van der Waals surface area contributed by atoms with Crippen molar-refractivity contribution in [1.82, 2.24) is 10.1 Å². The van der Waals surface area contributed by atoms with Gasteiger partial charge in [0.1, 0.15) is 12.4 Å². The van der Waals surface area contributed by atoms with E-state index in [2.05, 4.69) is 18.5 Å². The maximum absolute atomic E-state index is 13.3. The first-order chi connectivity index (χ1) is 16.0. The predicted octanol–water partition coefficient (Wildman–Crippen LogP) is 4.09. The summed E-state index contributed by atoms with van der Waals surface area (Å²) in [6.07, 6.45) is 3.12. The minimum atomic E-state index is -0.632. The quantitative estimate of drug-likeness (QED) is 0.236. The van der Waals surface area contributed by atoms with Gasteiger partial charge in [-0.15, -0.1) is 0 Å². The van der Waals surface area contributed by atoms with Gasteiger partial charge in [0.2, 0.25) is 11.1 Å². The summed E-state index contributed by atoms with van der Waals surface area (Å²) in [5.74, 6) is 1.35. The SMILES string of the molecule is C=CCOc1cccc([C@H]2N(C(C)=O)c3ccccc3-c3c(=O)[nH]c(SCCCC)n[n+]32)c1. The van der Waals surface area contributed by atoms with Gasteiger partial charge in [-0.2, -0.15) is 0 Å². The summed E-state index contributed by atoms with van der Waals surface area (Å²) in [4.78, 5) is 30.8. The summed E-state index contributed by atoms with van der Waals surface area (Å²) in [7, 11) is 0. The highest BCUT2D eigenvalue weighted by molar-refractivity contribution is 7.99. The molecule has 33 heavy (non-hydrogen) atoms. The van der Waals surface area contributed by atoms with E-state index in [1.54, 1.807) is 15.7 Å². The zero-order chi connectivity index (χ0) is 23.4. The lowest BCUT2D eigenvalue weighted by atomic mass is 10.0. The maximum Gasteiger partial charge on any atom is 0.325 e. The Morgan fingerprint density at radius 3 is 2.88 bits per heavy atom. The molecule has 170 valence electrons. The van der Waals surface area contributed by atoms with Crippen LogP contribution in [0.2, 0.25) is 0 Å². The highest BCUT2D eigenvalue weighted by Crippen LogP contribution is 2.37. The molecule has 0 radical (unpaired) electrons. The number of nitrogens with zero attached hydrogens (tertiary/aromatic N) is 3. The van der Waals surface area contributed by atoms with Crippen molar-refractivity contribution >= 4 is 23.4 Å². The van der Waals surface area contributed by atoms with Gasteiger partial charge in [-0.3, -0.25) is 14.6 Å². The molecule has 7 nitrogen and oxygen atoms in total. The number of aromatic nitrogens is 3. The highest BCUT2D eigenvalue weighted by Gasteiger charge is 2.44. The van der Waals surface area contributed by atoms with Crippen LogP contribution in [0.1, 0.15) is 38.4 Å². The fourth-order valence-corrected chi connectivity index (χ4v) is 4.85. The Bertz CT molecular complexity index is 1240. The number of thioether (sulfide) groups is 1. The molecular formula is C25H27N4O3S+. The van der Waals surface area contributed by atoms with E-state index in [9.17, 15) is 9.59 Å². The third-order valence-corrected chi connectivity index (χ3v) is 6.31. The molecule has 0 aliphatic carbocycles. The van der Waals surface area contributed by atoms with Gasteiger partial charge in [0.25, 0.3) is 6.17 Å². The molecule has 0 fully saturated rings. The highest BCUT2D eigenvalue weighted by atomic mass is 32.2. The van der Waals surface area contributed by atoms with Crippen LogP contribution in [0.25, 0.3) is 11.3 Å². The molecule has 2 heterocycles. The van der Waals surface area contributed by atoms with Crippen molar-refractivity contribution in [2.75, 3.05) is 17.3 Å². The van der Waals surface area contributed by atoms with E-state index in [0.29, 0.717) is 34.5 Å². The molecular weight excluding hydrogens is 436 g/mol. The van der Waals surface area contributed by atoms with Gasteiger partial charge in [0.05, 0.1) is 11.3 Å². The minimum Gasteiger partial charge on any atom is -0.490 e. The summed E-state index contributed by atoms with van der Waals surface area (Å²) in [6, 6.07) is 14.9. The number of hydrogen-bond donors (Lipinski definition) is 1. The van der Waals surface area contributed by atoms with Crippen molar-refractivity contribution in [2.45, 2.75) is 38.0 Å². The number of hydrogen-bond acceptors (Lipinski definition) is 5. The van der Waals surface area contributed by atoms with Crippen molar-refractivity contribution in [3.63, 3.8) is 0 Å². The Balaban J connectivity index is 1.93. The smallest absolute Gasteiger partial charge is 0.325 e. The number of benzene rings is 2. The number of carbonyl (C=O) groups is 1. The number of carbonyl (C=O) groups excluding carboxylic acids is 1. The van der Waals surface area contributed by atoms with E-state index < -0.39 is 6.17 Å². The molecule has 0 bridgehead atoms. The van der Waals surface area contributed by atoms with E-state index >= 15 is 0 Å². The number of ether oxygens (including phenoxy) is 1. The third kappa shape index (κ3) is 4.57. The number of amides is 1. The Kier molecular flexibility index (Phi) is 6.93. The van der Waals surface area contributed by atoms with Crippen molar-refractivity contribution < 1.29 is 14.2 Å². The predicted molar refractivity (Wildman–Crippen MR) is 130 cm³/mol. The standard InChI is InChI=1S/C25H26N4O3S/c1-4-6-15-33-25-26-23(31)22-20-12-7-8-13-21(20)28(17(3)30)24(29(22)27-25)18-10-9-11-19(16-18)32-14-5-2/h5,7-13,16,24H,2,4,6,14-15H2,1,3H3/p+1/t24-/m0/s1. The van der Waals surface area contributed by atoms with Crippen molar-refractivity contribution in [3.8, 4) is 17.0 Å². The zero-order valence-electron chi connectivity index (χ0n) is 18.8. The van der Waals surface area contributed by atoms with Crippen LogP contribution < -0.4 is 19.9 Å². The first-order valence-corrected chi connectivity index (χ1v) is 12.0. The first-order valence-electron chi connectivity index (χ1n) is 11.0. The Morgan fingerprint density at radius 2 is 2.12 bits per heavy atom. The topological polar surface area (TPSA) is 79.2 Å². The molecule has 1 amide bonds. The van der Waals surface area contributed by atoms with Crippen molar-refractivity contribution in [3.05, 3.63) is 77.1 Å². The van der Waals surface area contributed by atoms with Gasteiger partial charge < -0.3 is 4.74 Å². The average molecular weight is 464 g/mol. The number of aromatic amines is 1. The molecule has 0 spiro atoms. The van der Waals surface area contributed by atoms with Crippen LogP contribution in [0.15, 0.2) is 71.1 Å². The molecule has 8 heteroatoms. The Morgan fingerprint density at radius 1 is 1.30 bits per heavy atom. The lowest BCUT2D eigenvalue weighted by Crippen LogP contribution is -2.60. The van der Waals surface area contributed by atoms with Gasteiger partial charge in [-0.25, -0.2) is 4.90 Å². The Hall–Kier alpha value is -3.39. The second-order valence-corrected chi connectivity index (χ2v) is 8.79. The molecule has 1 aromatic heterocycles. The van der Waals surface area contributed by atoms with E-state index in [1.165, 1.54) is 18.7 Å². The molecule has 0 unspecified atom stereocenters. The number of fused-ring (bicyclic) bond motifs is 3. The number of nitrogens with one attached hydrogen (secondary N) is 1. The molecule has 1 aliphatic heterocycles. The number of para-hydroxylation sites is 1. The second-order valence-electron chi connectivity index (χ2n) is 7.71. The summed E-state index contributed by atoms with van der Waals surface area (Å²) in [5.41, 5.74) is 2.32. The Labute approximate surface area is 197 Å². The molecule has 1 N–H and O–H groups in total. The van der Waals surface area contributed by atoms with Crippen LogP contribution in [-0.2, 0) is 4.79 Å². The van der Waals surface area contributed by atoms with E-state index in [1.807, 2.05) is 48.5 Å². The van der Waals surface area contributed by atoms with Crippen LogP contribution in [0.4, 0.5) is 5.69 Å². The summed E-state index contributed by atoms with van der Waals surface area (Å²) >= 11 is 1.51. The van der Waals surface area contributed by atoms with E-state index in [0.717, 1.165) is 24.2 Å². The lowest BCUT2D eigenvalue weighted by molar-refractivity contribution is -0.763. The maximum atomic E-state index is 13.3. The molecule has 4 rings (SSSR count). The summed E-state index contributed by atoms with van der Waals surface area (Å²) < 4.78 is 7.40. The molecule has 0 saturated heterocycles. The fourth-order valence-electron chi connectivity index (χ4n) is 3.91. The lowest BCUT2D eigenvalue weighted by Gasteiger charge is -2.31. The van der Waals surface area contributed by atoms with Crippen LogP contribution in [-0.4, -0.2) is 28.3 Å². The molecule has 2 aromatic carbocycles. The van der Waals surface area contributed by atoms with Crippen LogP contribution in [0, 0.1) is 0 Å². The van der Waals surface area contributed by atoms with Crippen molar-refractivity contribution in [1.29, 1.82) is 0 Å². The molecule has 1 aliphatic rings. The van der Waals surface area contributed by atoms with Gasteiger partial charge in [-0.05, 0) is 41.4 Å². The van der Waals surface area contributed by atoms with Crippen molar-refractivity contribution in [2.24, 2.45) is 0 Å². The molecule has 0 saturated carbocycles. The summed E-state index contributed by atoms with van der Waals surface area (Å²) in [5, 5.41) is 5.33. The van der Waals surface area contributed by atoms with E-state index in [4.69, 9.17) is 9.84 Å². The van der Waals surface area contributed by atoms with E-state index in [-0.39, 0.29) is 11.5 Å². The number of unbranched alkanes of at least 4 members (excludes halogenated alkanes) is 1. The normalized spacial score (nSPS) is 14.4. The number of anilines is 1. The van der Waals surface area contributed by atoms with Gasteiger partial charge in [0.15, 0.2) is 0 Å². The third-order valence-electron chi connectivity index (χ3n) is 5.36. The number of H-pyrrole nitrogens is 1. The molecule has 1 atom stereocenters. The second kappa shape index (κ2) is 10.0. The largest absolute Gasteiger partial charge is 0.490 e. The van der Waals surface area contributed by atoms with Crippen LogP contribution >= 0.6 is 11.8 Å². The first kappa shape index (κ1) is 22.8. The number of rotatable bonds is 8. The average Bonchev–Trinajstić information content (AvgIpc) is 2.81. The van der Waals surface area contributed by atoms with Gasteiger partial charge >= 0.3 is 11.3 Å². The summed E-state index contributed by atoms with van der Waals surface area (Å²) in [6.45, 7) is 7.71. The van der Waals surface area contributed by atoms with Crippen LogP contribution in [0.3, 0.4) is 0 Å². The van der Waals surface area contributed by atoms with Gasteiger partial charge in [-0.1, -0.05) is 56.0 Å². The zero-order valence-corrected chi connectivity index (χ0v) is 19.6. The fraction of sp³-hybridized carbons (Fsp3) is 0.280. The van der Waals surface area contributed by atoms with Crippen LogP contribution in [0.5, 0.6) is 5.75 Å². The van der Waals surface area contributed by atoms with Gasteiger partial charge in [0, 0.05) is 23.3 Å². The molecule has 3 aromatic rings. The minimum absolute atomic E-state index is 0.148.